The molecule has 1 amide bonds. The zero-order valence-electron chi connectivity index (χ0n) is 14.0. The molecule has 3 rings (SSSR count). The van der Waals surface area contributed by atoms with Gasteiger partial charge in [0.1, 0.15) is 11.6 Å². The van der Waals surface area contributed by atoms with Gasteiger partial charge in [0.25, 0.3) is 5.91 Å². The summed E-state index contributed by atoms with van der Waals surface area (Å²) in [5.41, 5.74) is 0.279. The van der Waals surface area contributed by atoms with E-state index in [1.807, 2.05) is 6.92 Å². The summed E-state index contributed by atoms with van der Waals surface area (Å²) in [6, 6.07) is 2.44. The zero-order chi connectivity index (χ0) is 16.4. The number of benzene rings is 1. The smallest absolute Gasteiger partial charge is 0.257 e. The highest BCUT2D eigenvalue weighted by Gasteiger charge is 2.28. The lowest BCUT2D eigenvalue weighted by molar-refractivity contribution is 0.0630. The van der Waals surface area contributed by atoms with Gasteiger partial charge in [-0.25, -0.2) is 8.78 Å². The molecule has 6 heteroatoms. The lowest BCUT2D eigenvalue weighted by Crippen LogP contribution is -2.42. The van der Waals surface area contributed by atoms with Gasteiger partial charge in [0.15, 0.2) is 0 Å². The maximum atomic E-state index is 14.5. The lowest BCUT2D eigenvalue weighted by atomic mass is 9.89. The molecule has 0 spiro atoms. The van der Waals surface area contributed by atoms with Gasteiger partial charge in [0.05, 0.1) is 5.56 Å². The zero-order valence-corrected chi connectivity index (χ0v) is 14.8. The van der Waals surface area contributed by atoms with Gasteiger partial charge < -0.3 is 10.2 Å². The Hall–Kier alpha value is -1.20. The van der Waals surface area contributed by atoms with Gasteiger partial charge in [-0.1, -0.05) is 0 Å². The molecular formula is C18H25ClF2N2O. The van der Waals surface area contributed by atoms with Crippen molar-refractivity contribution in [3.63, 3.8) is 0 Å². The van der Waals surface area contributed by atoms with Crippen LogP contribution in [0.1, 0.15) is 60.9 Å². The summed E-state index contributed by atoms with van der Waals surface area (Å²) < 4.78 is 29.0. The molecule has 0 aliphatic carbocycles. The van der Waals surface area contributed by atoms with Crippen LogP contribution in [0.5, 0.6) is 0 Å². The van der Waals surface area contributed by atoms with Gasteiger partial charge in [-0.15, -0.1) is 12.4 Å². The quantitative estimate of drug-likeness (QED) is 0.870. The minimum absolute atomic E-state index is 0. The Morgan fingerprint density at radius 2 is 1.83 bits per heavy atom. The van der Waals surface area contributed by atoms with E-state index < -0.39 is 11.6 Å². The average Bonchev–Trinajstić information content (AvgIpc) is 2.57. The summed E-state index contributed by atoms with van der Waals surface area (Å²) in [6.45, 7) is 4.22. The van der Waals surface area contributed by atoms with Crippen molar-refractivity contribution in [2.75, 3.05) is 19.6 Å². The molecule has 0 aromatic heterocycles. The maximum absolute atomic E-state index is 14.5. The van der Waals surface area contributed by atoms with Gasteiger partial charge in [-0.2, -0.15) is 0 Å². The molecule has 2 aliphatic heterocycles. The molecule has 2 fully saturated rings. The molecule has 1 aromatic rings. The van der Waals surface area contributed by atoms with Crippen molar-refractivity contribution in [2.45, 2.75) is 51.0 Å². The van der Waals surface area contributed by atoms with Gasteiger partial charge in [0, 0.05) is 12.6 Å². The fraction of sp³-hybridized carbons (Fsp3) is 0.611. The molecule has 0 radical (unpaired) electrons. The van der Waals surface area contributed by atoms with E-state index in [0.717, 1.165) is 51.3 Å². The van der Waals surface area contributed by atoms with Gasteiger partial charge >= 0.3 is 0 Å². The molecule has 0 saturated carbocycles. The second kappa shape index (κ2) is 8.26. The van der Waals surface area contributed by atoms with Crippen molar-refractivity contribution in [2.24, 2.45) is 0 Å². The summed E-state index contributed by atoms with van der Waals surface area (Å²) in [4.78, 5) is 14.3. The normalized spacial score (nSPS) is 22.1. The minimum Gasteiger partial charge on any atom is -0.336 e. The Morgan fingerprint density at radius 3 is 2.50 bits per heavy atom. The Labute approximate surface area is 148 Å². The van der Waals surface area contributed by atoms with E-state index in [9.17, 15) is 13.6 Å². The number of nitrogens with zero attached hydrogens (tertiary/aromatic N) is 1. The third-order valence-corrected chi connectivity index (χ3v) is 5.16. The predicted octanol–water partition coefficient (Wildman–Crippen LogP) is 3.87. The standard InChI is InChI=1S/C18H24F2N2O.ClH/c1-12-4-2-3-9-22(12)18(23)15-11-16(19)14(10-17(15)20)13-5-7-21-8-6-13;/h10-13,21H,2-9H2,1H3;1H. The molecular weight excluding hydrogens is 334 g/mol. The number of halogens is 3. The second-order valence-electron chi connectivity index (χ2n) is 6.72. The molecule has 2 heterocycles. The van der Waals surface area contributed by atoms with Gasteiger partial charge in [0.2, 0.25) is 0 Å². The topological polar surface area (TPSA) is 32.3 Å². The summed E-state index contributed by atoms with van der Waals surface area (Å²) >= 11 is 0. The molecule has 2 aliphatic rings. The van der Waals surface area contributed by atoms with Crippen molar-refractivity contribution < 1.29 is 13.6 Å². The number of likely N-dealkylation sites (tertiary alicyclic amines) is 1. The number of carbonyl (C=O) groups is 1. The monoisotopic (exact) mass is 358 g/mol. The van der Waals surface area contributed by atoms with Crippen LogP contribution in [0.25, 0.3) is 0 Å². The molecule has 1 unspecified atom stereocenters. The molecule has 2 saturated heterocycles. The predicted molar refractivity (Wildman–Crippen MR) is 92.8 cm³/mol. The van der Waals surface area contributed by atoms with Crippen molar-refractivity contribution in [1.82, 2.24) is 10.2 Å². The third kappa shape index (κ3) is 3.89. The maximum Gasteiger partial charge on any atom is 0.257 e. The summed E-state index contributed by atoms with van der Waals surface area (Å²) in [5.74, 6) is -1.40. The van der Waals surface area contributed by atoms with Crippen molar-refractivity contribution in [1.29, 1.82) is 0 Å². The van der Waals surface area contributed by atoms with Crippen molar-refractivity contribution in [3.8, 4) is 0 Å². The van der Waals surface area contributed by atoms with Crippen LogP contribution in [-0.2, 0) is 0 Å². The highest BCUT2D eigenvalue weighted by molar-refractivity contribution is 5.94. The number of carbonyl (C=O) groups excluding carboxylic acids is 1. The molecule has 3 nitrogen and oxygen atoms in total. The summed E-state index contributed by atoms with van der Waals surface area (Å²) in [7, 11) is 0. The molecule has 24 heavy (non-hydrogen) atoms. The minimum atomic E-state index is -0.595. The Morgan fingerprint density at radius 1 is 1.12 bits per heavy atom. The average molecular weight is 359 g/mol. The van der Waals surface area contributed by atoms with Crippen LogP contribution in [0, 0.1) is 11.6 Å². The summed E-state index contributed by atoms with van der Waals surface area (Å²) in [5, 5.41) is 3.22. The van der Waals surface area contributed by atoms with E-state index in [0.29, 0.717) is 12.1 Å². The van der Waals surface area contributed by atoms with E-state index >= 15 is 0 Å². The second-order valence-corrected chi connectivity index (χ2v) is 6.72. The van der Waals surface area contributed by atoms with Crippen LogP contribution < -0.4 is 5.32 Å². The number of nitrogens with one attached hydrogen (secondary N) is 1. The van der Waals surface area contributed by atoms with Gasteiger partial charge in [-0.3, -0.25) is 4.79 Å². The number of amides is 1. The van der Waals surface area contributed by atoms with Crippen LogP contribution in [0.3, 0.4) is 0 Å². The Kier molecular flexibility index (Phi) is 6.58. The van der Waals surface area contributed by atoms with Crippen LogP contribution in [-0.4, -0.2) is 36.5 Å². The van der Waals surface area contributed by atoms with Crippen LogP contribution >= 0.6 is 12.4 Å². The first-order chi connectivity index (χ1) is 11.1. The van der Waals surface area contributed by atoms with Crippen LogP contribution in [0.2, 0.25) is 0 Å². The fourth-order valence-corrected chi connectivity index (χ4v) is 3.73. The van der Waals surface area contributed by atoms with E-state index in [1.165, 1.54) is 6.07 Å². The first kappa shape index (κ1) is 19.1. The van der Waals surface area contributed by atoms with Crippen LogP contribution in [0.4, 0.5) is 8.78 Å². The number of hydrogen-bond donors (Lipinski definition) is 1. The number of piperidine rings is 2. The Bertz CT molecular complexity index is 591. The largest absolute Gasteiger partial charge is 0.336 e. The highest BCUT2D eigenvalue weighted by Crippen LogP contribution is 2.30. The fourth-order valence-electron chi connectivity index (χ4n) is 3.73. The molecule has 1 aromatic carbocycles. The molecule has 134 valence electrons. The number of hydrogen-bond acceptors (Lipinski definition) is 2. The first-order valence-electron chi connectivity index (χ1n) is 8.58. The van der Waals surface area contributed by atoms with Crippen molar-refractivity contribution in [3.05, 3.63) is 34.9 Å². The van der Waals surface area contributed by atoms with E-state index in [-0.39, 0.29) is 35.8 Å². The van der Waals surface area contributed by atoms with E-state index in [1.54, 1.807) is 4.90 Å². The first-order valence-corrected chi connectivity index (χ1v) is 8.58. The number of rotatable bonds is 2. The summed E-state index contributed by atoms with van der Waals surface area (Å²) in [6.07, 6.45) is 4.52. The van der Waals surface area contributed by atoms with E-state index in [4.69, 9.17) is 0 Å². The molecule has 1 atom stereocenters. The lowest BCUT2D eigenvalue weighted by Gasteiger charge is -2.33. The van der Waals surface area contributed by atoms with Gasteiger partial charge in [-0.05, 0) is 75.7 Å². The molecule has 1 N–H and O–H groups in total. The Balaban J connectivity index is 0.00000208. The van der Waals surface area contributed by atoms with E-state index in [2.05, 4.69) is 5.32 Å². The van der Waals surface area contributed by atoms with Crippen molar-refractivity contribution >= 4 is 18.3 Å². The SMILES string of the molecule is CC1CCCCN1C(=O)c1cc(F)c(C2CCNCC2)cc1F.Cl. The molecule has 0 bridgehead atoms. The highest BCUT2D eigenvalue weighted by atomic mass is 35.5. The third-order valence-electron chi connectivity index (χ3n) is 5.16. The van der Waals surface area contributed by atoms with Crippen LogP contribution in [0.15, 0.2) is 12.1 Å².